The largest absolute Gasteiger partial charge is 0.450 e. The quantitative estimate of drug-likeness (QED) is 0.00846. The van der Waals surface area contributed by atoms with Crippen LogP contribution in [0.2, 0.25) is 10.0 Å². The second-order valence-corrected chi connectivity index (χ2v) is 25.5. The fourth-order valence-corrected chi connectivity index (χ4v) is 12.0. The first-order valence-electron chi connectivity index (χ1n) is 23.2. The predicted octanol–water partition coefficient (Wildman–Crippen LogP) is 6.20. The zero-order valence-corrected chi connectivity index (χ0v) is 48.4. The van der Waals surface area contributed by atoms with Gasteiger partial charge in [-0.15, -0.1) is 4.33 Å². The first-order chi connectivity index (χ1) is 40.4. The lowest BCUT2D eigenvalue weighted by molar-refractivity contribution is -0.432. The van der Waals surface area contributed by atoms with Crippen molar-refractivity contribution in [3.05, 3.63) is 88.2 Å². The Balaban J connectivity index is 0.898. The first-order valence-corrected chi connectivity index (χ1v) is 31.9. The average Bonchev–Trinajstić information content (AvgIpc) is 0.762. The van der Waals surface area contributed by atoms with Gasteiger partial charge in [0.25, 0.3) is 40.5 Å². The highest BCUT2D eigenvalue weighted by Gasteiger charge is 2.35. The van der Waals surface area contributed by atoms with Crippen molar-refractivity contribution in [3.8, 4) is 23.0 Å². The summed E-state index contributed by atoms with van der Waals surface area (Å²) in [7, 11) is -25.0. The van der Waals surface area contributed by atoms with Crippen LogP contribution in [0.5, 0.6) is 11.5 Å². The minimum Gasteiger partial charge on any atom is -0.450 e. The highest BCUT2D eigenvalue weighted by Crippen LogP contribution is 2.55. The summed E-state index contributed by atoms with van der Waals surface area (Å²) in [5.41, 5.74) is -2.16. The molecule has 86 heavy (non-hydrogen) atoms. The van der Waals surface area contributed by atoms with Crippen LogP contribution >= 0.6 is 35.2 Å². The molecule has 9 rings (SSSR count). The molecule has 34 nitrogen and oxygen atoms in total. The van der Waals surface area contributed by atoms with Crippen LogP contribution in [0.3, 0.4) is 0 Å². The lowest BCUT2D eigenvalue weighted by atomic mass is 10.1. The molecule has 4 aromatic carbocycles. The molecule has 456 valence electrons. The Kier molecular flexibility index (Phi) is 18.0. The van der Waals surface area contributed by atoms with Crippen LogP contribution in [0, 0.1) is 12.2 Å². The monoisotopic (exact) mass is 1350 g/mol. The van der Waals surface area contributed by atoms with Crippen LogP contribution < -0.4 is 42.0 Å². The highest BCUT2D eigenvalue weighted by atomic mass is 35.5. The maximum absolute atomic E-state index is 14.6. The van der Waals surface area contributed by atoms with E-state index >= 15 is 0 Å². The van der Waals surface area contributed by atoms with Gasteiger partial charge in [0.2, 0.25) is 23.8 Å². The van der Waals surface area contributed by atoms with Crippen molar-refractivity contribution in [1.82, 2.24) is 34.9 Å². The van der Waals surface area contributed by atoms with Gasteiger partial charge in [-0.05, 0) is 73.5 Å². The summed E-state index contributed by atoms with van der Waals surface area (Å²) >= 11 is 14.0. The smallest absolute Gasteiger partial charge is 0.315 e. The molecule has 12 N–H and O–H groups in total. The van der Waals surface area contributed by atoms with Crippen molar-refractivity contribution in [2.75, 3.05) is 58.1 Å². The SMILES string of the molecule is O=S(=O)(O)c1ccc(SOOO)c(Nc2nc(F)nc(NCCCN=c3ccc4nc5c(Cl)c6c(c(Cl)c5oc-4c3S(=O)(=O)O)Nc3ccc(NCCCNc4nc(F)nc(Nc5cc(S(=O)(=O)O)ccc5S(=O)(=O)O)n4)c(S(=O)(=O)O)c3O6)n2)c1. The molecule has 0 bridgehead atoms. The second-order valence-electron chi connectivity index (χ2n) is 17.1. The summed E-state index contributed by atoms with van der Waals surface area (Å²) in [5.74, 6) is -3.31. The Morgan fingerprint density at radius 1 is 0.605 bits per heavy atom. The van der Waals surface area contributed by atoms with Gasteiger partial charge in [-0.25, -0.2) is 10.2 Å². The molecule has 0 fully saturated rings. The Morgan fingerprint density at radius 3 is 1.79 bits per heavy atom. The Labute approximate surface area is 495 Å². The van der Waals surface area contributed by atoms with E-state index in [-0.39, 0.29) is 111 Å². The zero-order valence-electron chi connectivity index (χ0n) is 42.0. The maximum Gasteiger partial charge on any atom is 0.315 e. The molecule has 2 aliphatic heterocycles. The topological polar surface area (TPSA) is 508 Å². The van der Waals surface area contributed by atoms with E-state index < -0.39 is 122 Å². The Bertz CT molecular complexity index is 4700. The van der Waals surface area contributed by atoms with Crippen molar-refractivity contribution in [2.24, 2.45) is 4.99 Å². The number of hydrogen-bond donors (Lipinski definition) is 12. The van der Waals surface area contributed by atoms with E-state index in [0.717, 1.165) is 18.2 Å². The van der Waals surface area contributed by atoms with Crippen molar-refractivity contribution in [2.45, 2.75) is 42.2 Å². The number of rotatable bonds is 23. The third-order valence-electron chi connectivity index (χ3n) is 11.4. The van der Waals surface area contributed by atoms with Gasteiger partial charge in [0, 0.05) is 26.2 Å². The van der Waals surface area contributed by atoms with E-state index in [1.807, 2.05) is 0 Å². The van der Waals surface area contributed by atoms with E-state index in [0.29, 0.717) is 30.2 Å². The van der Waals surface area contributed by atoms with E-state index in [1.54, 1.807) is 0 Å². The summed E-state index contributed by atoms with van der Waals surface area (Å²) < 4.78 is 218. The van der Waals surface area contributed by atoms with Gasteiger partial charge in [-0.1, -0.05) is 28.2 Å². The van der Waals surface area contributed by atoms with Crippen molar-refractivity contribution >= 4 is 149 Å². The van der Waals surface area contributed by atoms with Crippen LogP contribution in [0.15, 0.2) is 99.4 Å². The molecule has 6 aromatic rings. The first kappa shape index (κ1) is 62.9. The number of aromatic nitrogens is 7. The lowest BCUT2D eigenvalue weighted by Gasteiger charge is -2.27. The normalized spacial score (nSPS) is 13.0. The molecule has 2 aromatic heterocycles. The van der Waals surface area contributed by atoms with Crippen molar-refractivity contribution in [3.63, 3.8) is 0 Å². The molecule has 0 saturated carbocycles. The number of ether oxygens (including phenoxy) is 1. The van der Waals surface area contributed by atoms with Crippen molar-refractivity contribution in [1.29, 1.82) is 0 Å². The molecule has 0 spiro atoms. The summed E-state index contributed by atoms with van der Waals surface area (Å²) in [6, 6.07) is 9.97. The molecule has 1 aliphatic carbocycles. The van der Waals surface area contributed by atoms with Crippen LogP contribution in [0.25, 0.3) is 22.6 Å². The van der Waals surface area contributed by atoms with Gasteiger partial charge >= 0.3 is 22.3 Å². The second kappa shape index (κ2) is 24.6. The average molecular weight is 1360 g/mol. The molecule has 0 atom stereocenters. The summed E-state index contributed by atoms with van der Waals surface area (Å²) in [4.78, 5) is 26.6. The predicted molar refractivity (Wildman–Crippen MR) is 294 cm³/mol. The third-order valence-corrected chi connectivity index (χ3v) is 17.2. The Morgan fingerprint density at radius 2 is 1.19 bits per heavy atom. The fourth-order valence-electron chi connectivity index (χ4n) is 7.84. The van der Waals surface area contributed by atoms with Gasteiger partial charge < -0.3 is 41.1 Å². The minimum atomic E-state index is -5.19. The van der Waals surface area contributed by atoms with Gasteiger partial charge in [-0.3, -0.25) is 27.8 Å². The molecule has 0 unspecified atom stereocenters. The van der Waals surface area contributed by atoms with Crippen LogP contribution in [-0.2, 0) is 60.0 Å². The number of halogens is 4. The van der Waals surface area contributed by atoms with Crippen LogP contribution in [0.1, 0.15) is 12.8 Å². The number of benzene rings is 5. The van der Waals surface area contributed by atoms with E-state index in [1.165, 1.54) is 24.3 Å². The van der Waals surface area contributed by atoms with E-state index in [2.05, 4.69) is 81.2 Å². The third kappa shape index (κ3) is 14.3. The summed E-state index contributed by atoms with van der Waals surface area (Å²) in [5, 5.41) is 26.9. The minimum absolute atomic E-state index is 0.0464. The number of fused-ring (bicyclic) bond motifs is 4. The molecular weight excluding hydrogens is 1320 g/mol. The molecule has 44 heteroatoms. The highest BCUT2D eigenvalue weighted by molar-refractivity contribution is 7.94. The number of hydrogen-bond acceptors (Lipinski definition) is 30. The van der Waals surface area contributed by atoms with Gasteiger partial charge in [0.1, 0.15) is 31.8 Å². The fraction of sp³-hybridized carbons (Fsp3) is 0.143. The summed E-state index contributed by atoms with van der Waals surface area (Å²) in [6.45, 7) is -0.377. The molecular formula is C42H34Cl2F2N14O20S6. The van der Waals surface area contributed by atoms with Gasteiger partial charge in [-0.2, -0.15) is 80.8 Å². The number of anilines is 9. The number of nitrogens with one attached hydrogen (secondary N) is 6. The van der Waals surface area contributed by atoms with Crippen LogP contribution in [-0.4, -0.2) is 131 Å². The molecule has 0 saturated heterocycles. The van der Waals surface area contributed by atoms with Gasteiger partial charge in [0.05, 0.1) is 54.8 Å². The van der Waals surface area contributed by atoms with Gasteiger partial charge in [0.15, 0.2) is 32.6 Å². The molecule has 0 radical (unpaired) electrons. The molecule has 4 heterocycles. The van der Waals surface area contributed by atoms with E-state index in [4.69, 9.17) is 37.6 Å². The maximum atomic E-state index is 14.6. The molecule has 3 aliphatic rings. The van der Waals surface area contributed by atoms with Crippen molar-refractivity contribution < 1.29 is 97.4 Å². The standard InChI is InChI=1S/C42H34Cl2F2N14O20S6/c43-27-30-34(78-32-20(52-30)6-8-22(36(32)86(74,75)76)48-12-2-14-50-40-56-38(46)58-42(60-40)54-24-16-18(83(65,66)67)4-10-26(24)84(68,69)70)28(44)29-33(27)77-31-19(51-29)5-7-21(35(31)85(71,72)73)47-11-1-13-49-39-55-37(45)57-41(59-39)53-23-15-17(82(62,63)64)3-9-25(23)81-80-79-61/h3-10,15-16,48,52,61H,1-2,11-14H2,(H,62,63,64)(H,65,66,67)(H,68,69,70)(H,71,72,73)(H,74,75,76)(H2,49,53,55,57,59)(H2,50,54,56,58,60). The Hall–Kier alpha value is -7.66. The summed E-state index contributed by atoms with van der Waals surface area (Å²) in [6.07, 6.45) is -2.56. The lowest BCUT2D eigenvalue weighted by Crippen LogP contribution is -2.19. The molecule has 0 amide bonds. The van der Waals surface area contributed by atoms with Crippen LogP contribution in [0.4, 0.5) is 61.0 Å². The van der Waals surface area contributed by atoms with E-state index in [9.17, 15) is 73.6 Å². The number of nitrogens with zero attached hydrogens (tertiary/aromatic N) is 8. The zero-order chi connectivity index (χ0) is 62.3.